The molecule has 1 saturated heterocycles. The number of aromatic amines is 1. The second kappa shape index (κ2) is 9.87. The fourth-order valence-electron chi connectivity index (χ4n) is 3.88. The molecule has 33 heavy (non-hydrogen) atoms. The molecule has 0 bridgehead atoms. The highest BCUT2D eigenvalue weighted by atomic mass is 16.5. The van der Waals surface area contributed by atoms with Crippen LogP contribution in [0.25, 0.3) is 22.5 Å². The topological polar surface area (TPSA) is 98.8 Å². The van der Waals surface area contributed by atoms with E-state index in [4.69, 9.17) is 4.74 Å². The highest BCUT2D eigenvalue weighted by molar-refractivity contribution is 5.78. The average molecular weight is 449 g/mol. The SMILES string of the molecule is CCN1CCN(C(=O)COc2cccc(-c3cc(-c4ccc(O)c(C)c4)nc(=O)[nH]3)c2)CC1. The van der Waals surface area contributed by atoms with Crippen LogP contribution in [0.15, 0.2) is 53.3 Å². The van der Waals surface area contributed by atoms with Crippen LogP contribution in [0.5, 0.6) is 11.5 Å². The van der Waals surface area contributed by atoms with Gasteiger partial charge in [-0.15, -0.1) is 0 Å². The van der Waals surface area contributed by atoms with Gasteiger partial charge in [0.1, 0.15) is 11.5 Å². The van der Waals surface area contributed by atoms with Gasteiger partial charge in [-0.05, 0) is 55.4 Å². The van der Waals surface area contributed by atoms with E-state index in [0.717, 1.165) is 30.8 Å². The molecule has 2 aromatic carbocycles. The average Bonchev–Trinajstić information content (AvgIpc) is 2.84. The first-order valence-corrected chi connectivity index (χ1v) is 11.1. The summed E-state index contributed by atoms with van der Waals surface area (Å²) in [5, 5.41) is 9.77. The number of hydrogen-bond donors (Lipinski definition) is 2. The smallest absolute Gasteiger partial charge is 0.345 e. The van der Waals surface area contributed by atoms with Crippen molar-refractivity contribution in [3.8, 4) is 34.0 Å². The third kappa shape index (κ3) is 5.40. The molecule has 2 N–H and O–H groups in total. The molecule has 1 aromatic heterocycles. The Morgan fingerprint density at radius 2 is 1.88 bits per heavy atom. The number of carbonyl (C=O) groups excluding carboxylic acids is 1. The fourth-order valence-corrected chi connectivity index (χ4v) is 3.88. The van der Waals surface area contributed by atoms with Crippen LogP contribution in [0.2, 0.25) is 0 Å². The third-order valence-electron chi connectivity index (χ3n) is 5.92. The summed E-state index contributed by atoms with van der Waals surface area (Å²) in [7, 11) is 0. The first-order chi connectivity index (χ1) is 15.9. The van der Waals surface area contributed by atoms with Gasteiger partial charge in [0.05, 0.1) is 11.4 Å². The van der Waals surface area contributed by atoms with Crippen molar-refractivity contribution in [3.63, 3.8) is 0 Å². The number of ether oxygens (including phenoxy) is 1. The van der Waals surface area contributed by atoms with Gasteiger partial charge in [-0.25, -0.2) is 4.79 Å². The Morgan fingerprint density at radius 1 is 1.09 bits per heavy atom. The number of nitrogens with zero attached hydrogens (tertiary/aromatic N) is 3. The number of amides is 1. The predicted octanol–water partition coefficient (Wildman–Crippen LogP) is 2.66. The number of nitrogens with one attached hydrogen (secondary N) is 1. The maximum Gasteiger partial charge on any atom is 0.345 e. The normalized spacial score (nSPS) is 14.3. The van der Waals surface area contributed by atoms with Crippen molar-refractivity contribution in [2.75, 3.05) is 39.3 Å². The monoisotopic (exact) mass is 448 g/mol. The number of rotatable bonds is 6. The van der Waals surface area contributed by atoms with Crippen molar-refractivity contribution in [1.29, 1.82) is 0 Å². The number of H-pyrrole nitrogens is 1. The van der Waals surface area contributed by atoms with Gasteiger partial charge in [-0.3, -0.25) is 4.79 Å². The van der Waals surface area contributed by atoms with Crippen molar-refractivity contribution in [2.45, 2.75) is 13.8 Å². The maximum atomic E-state index is 12.5. The number of aryl methyl sites for hydroxylation is 1. The quantitative estimate of drug-likeness (QED) is 0.602. The number of phenols is 1. The molecule has 0 unspecified atom stereocenters. The van der Waals surface area contributed by atoms with Gasteiger partial charge in [0.15, 0.2) is 6.61 Å². The van der Waals surface area contributed by atoms with Gasteiger partial charge in [-0.1, -0.05) is 19.1 Å². The molecule has 0 aliphatic carbocycles. The summed E-state index contributed by atoms with van der Waals surface area (Å²) in [4.78, 5) is 35.7. The van der Waals surface area contributed by atoms with Crippen LogP contribution >= 0.6 is 0 Å². The van der Waals surface area contributed by atoms with Crippen LogP contribution in [0.3, 0.4) is 0 Å². The van der Waals surface area contributed by atoms with Crippen LogP contribution in [0.1, 0.15) is 12.5 Å². The van der Waals surface area contributed by atoms with E-state index in [-0.39, 0.29) is 18.3 Å². The van der Waals surface area contributed by atoms with E-state index in [1.165, 1.54) is 0 Å². The lowest BCUT2D eigenvalue weighted by Gasteiger charge is -2.33. The zero-order valence-electron chi connectivity index (χ0n) is 18.9. The van der Waals surface area contributed by atoms with E-state index in [1.807, 2.05) is 17.0 Å². The number of carbonyl (C=O) groups is 1. The van der Waals surface area contributed by atoms with Gasteiger partial charge >= 0.3 is 5.69 Å². The van der Waals surface area contributed by atoms with E-state index >= 15 is 0 Å². The van der Waals surface area contributed by atoms with Crippen molar-refractivity contribution in [1.82, 2.24) is 19.8 Å². The number of hydrogen-bond acceptors (Lipinski definition) is 6. The molecule has 0 spiro atoms. The van der Waals surface area contributed by atoms with Crippen molar-refractivity contribution >= 4 is 5.91 Å². The van der Waals surface area contributed by atoms with Crippen LogP contribution < -0.4 is 10.4 Å². The van der Waals surface area contributed by atoms with Crippen molar-refractivity contribution in [3.05, 3.63) is 64.6 Å². The van der Waals surface area contributed by atoms with Gasteiger partial charge in [0.25, 0.3) is 5.91 Å². The standard InChI is InChI=1S/C25H28N4O4/c1-3-28-9-11-29(12-10-28)24(31)16-33-20-6-4-5-18(14-20)21-15-22(27-25(32)26-21)19-7-8-23(30)17(2)13-19/h4-8,13-15,30H,3,9-12,16H2,1-2H3,(H,26,27,32). The number of piperazine rings is 1. The molecule has 8 heteroatoms. The van der Waals surface area contributed by atoms with Crippen LogP contribution in [-0.2, 0) is 4.79 Å². The van der Waals surface area contributed by atoms with Gasteiger partial charge in [-0.2, -0.15) is 4.98 Å². The summed E-state index contributed by atoms with van der Waals surface area (Å²) in [5.41, 5.74) is 2.80. The Morgan fingerprint density at radius 3 is 2.61 bits per heavy atom. The lowest BCUT2D eigenvalue weighted by atomic mass is 10.1. The minimum Gasteiger partial charge on any atom is -0.508 e. The number of benzene rings is 2. The molecule has 8 nitrogen and oxygen atoms in total. The van der Waals surface area contributed by atoms with Gasteiger partial charge in [0.2, 0.25) is 0 Å². The molecule has 1 fully saturated rings. The molecule has 1 aliphatic heterocycles. The Labute approximate surface area is 192 Å². The van der Waals surface area contributed by atoms with E-state index in [0.29, 0.717) is 35.8 Å². The fraction of sp³-hybridized carbons (Fsp3) is 0.320. The molecule has 3 aromatic rings. The Hall–Kier alpha value is -3.65. The van der Waals surface area contributed by atoms with Gasteiger partial charge in [0, 0.05) is 37.3 Å². The highest BCUT2D eigenvalue weighted by Gasteiger charge is 2.20. The minimum atomic E-state index is -0.471. The molecule has 0 saturated carbocycles. The molecule has 4 rings (SSSR count). The first kappa shape index (κ1) is 22.5. The molecule has 1 aliphatic rings. The molecule has 0 radical (unpaired) electrons. The van der Waals surface area contributed by atoms with Crippen LogP contribution in [-0.4, -0.2) is 70.1 Å². The van der Waals surface area contributed by atoms with E-state index in [9.17, 15) is 14.7 Å². The Kier molecular flexibility index (Phi) is 6.74. The summed E-state index contributed by atoms with van der Waals surface area (Å²) in [6.07, 6.45) is 0. The van der Waals surface area contributed by atoms with Crippen LogP contribution in [0.4, 0.5) is 0 Å². The number of phenolic OH excluding ortho intramolecular Hbond substituents is 1. The molecule has 2 heterocycles. The first-order valence-electron chi connectivity index (χ1n) is 11.1. The summed E-state index contributed by atoms with van der Waals surface area (Å²) < 4.78 is 5.77. The molecular formula is C25H28N4O4. The highest BCUT2D eigenvalue weighted by Crippen LogP contribution is 2.27. The van der Waals surface area contributed by atoms with Crippen molar-refractivity contribution < 1.29 is 14.6 Å². The summed E-state index contributed by atoms with van der Waals surface area (Å²) in [6, 6.07) is 14.1. The molecule has 0 atom stereocenters. The largest absolute Gasteiger partial charge is 0.508 e. The zero-order chi connectivity index (χ0) is 23.4. The summed E-state index contributed by atoms with van der Waals surface area (Å²) in [5.74, 6) is 0.710. The van der Waals surface area contributed by atoms with E-state index in [1.54, 1.807) is 43.3 Å². The van der Waals surface area contributed by atoms with Crippen LogP contribution in [0, 0.1) is 6.92 Å². The lowest BCUT2D eigenvalue weighted by Crippen LogP contribution is -2.49. The lowest BCUT2D eigenvalue weighted by molar-refractivity contribution is -0.135. The maximum absolute atomic E-state index is 12.5. The third-order valence-corrected chi connectivity index (χ3v) is 5.92. The second-order valence-corrected chi connectivity index (χ2v) is 8.12. The predicted molar refractivity (Wildman–Crippen MR) is 126 cm³/mol. The van der Waals surface area contributed by atoms with E-state index in [2.05, 4.69) is 21.8 Å². The molecular weight excluding hydrogens is 420 g/mol. The van der Waals surface area contributed by atoms with E-state index < -0.39 is 5.69 Å². The summed E-state index contributed by atoms with van der Waals surface area (Å²) >= 11 is 0. The number of aromatic nitrogens is 2. The molecule has 172 valence electrons. The number of likely N-dealkylation sites (N-methyl/N-ethyl adjacent to an activating group) is 1. The van der Waals surface area contributed by atoms with Crippen molar-refractivity contribution in [2.24, 2.45) is 0 Å². The minimum absolute atomic E-state index is 0.0273. The zero-order valence-corrected chi connectivity index (χ0v) is 18.9. The second-order valence-electron chi connectivity index (χ2n) is 8.12. The number of aromatic hydroxyl groups is 1. The summed E-state index contributed by atoms with van der Waals surface area (Å²) in [6.45, 7) is 8.09. The Balaban J connectivity index is 1.48. The van der Waals surface area contributed by atoms with Gasteiger partial charge < -0.3 is 24.6 Å². The Bertz CT molecular complexity index is 1200. The molecule has 1 amide bonds.